The second-order valence-corrected chi connectivity index (χ2v) is 3.35. The third-order valence-electron chi connectivity index (χ3n) is 2.26. The molecule has 0 saturated heterocycles. The normalized spacial score (nSPS) is 12.8. The van der Waals surface area contributed by atoms with Gasteiger partial charge in [-0.25, -0.2) is 4.79 Å². The van der Waals surface area contributed by atoms with E-state index in [-0.39, 0.29) is 5.75 Å². The minimum Gasteiger partial charge on any atom is -0.496 e. The molecule has 0 aromatic heterocycles. The number of nitrogens with zero attached hydrogens (tertiary/aromatic N) is 1. The Morgan fingerprint density at radius 3 is 2.53 bits per heavy atom. The number of hydrogen-bond donors (Lipinski definition) is 0. The number of benzene rings is 1. The van der Waals surface area contributed by atoms with Crippen LogP contribution in [-0.4, -0.2) is 13.2 Å². The molecule has 0 heterocycles. The van der Waals surface area contributed by atoms with Crippen LogP contribution < -0.4 is 4.74 Å². The second-order valence-electron chi connectivity index (χ2n) is 3.35. The third kappa shape index (κ3) is 3.07. The molecule has 0 spiro atoms. The van der Waals surface area contributed by atoms with Gasteiger partial charge >= 0.3 is 6.18 Å². The van der Waals surface area contributed by atoms with Crippen molar-refractivity contribution in [1.29, 1.82) is 0 Å². The maximum Gasteiger partial charge on any atom is 0.419 e. The summed E-state index contributed by atoms with van der Waals surface area (Å²) in [6.07, 6.45) is -3.11. The van der Waals surface area contributed by atoms with Crippen molar-refractivity contribution in [2.75, 3.05) is 7.11 Å². The summed E-state index contributed by atoms with van der Waals surface area (Å²) in [4.78, 5) is 13.5. The molecule has 0 aliphatic carbocycles. The number of halogens is 3. The van der Waals surface area contributed by atoms with E-state index in [0.29, 0.717) is 5.56 Å². The van der Waals surface area contributed by atoms with Gasteiger partial charge in [0.05, 0.1) is 18.7 Å². The van der Waals surface area contributed by atoms with E-state index in [1.165, 1.54) is 18.2 Å². The number of ether oxygens (including phenoxy) is 1. The van der Waals surface area contributed by atoms with Crippen LogP contribution in [0.25, 0.3) is 0 Å². The molecule has 3 nitrogen and oxygen atoms in total. The molecule has 6 heteroatoms. The number of alkyl halides is 3. The van der Waals surface area contributed by atoms with Gasteiger partial charge in [-0.15, -0.1) is 0 Å². The van der Waals surface area contributed by atoms with Gasteiger partial charge < -0.3 is 4.74 Å². The zero-order chi connectivity index (χ0) is 13.1. The first kappa shape index (κ1) is 13.3. The number of aliphatic imine (C=N–C) groups is 1. The summed E-state index contributed by atoms with van der Waals surface area (Å²) in [5.41, 5.74) is -0.399. The second kappa shape index (κ2) is 5.01. The van der Waals surface area contributed by atoms with E-state index in [1.807, 2.05) is 0 Å². The van der Waals surface area contributed by atoms with Gasteiger partial charge in [-0.05, 0) is 24.6 Å². The lowest BCUT2D eigenvalue weighted by Crippen LogP contribution is -2.08. The summed E-state index contributed by atoms with van der Waals surface area (Å²) >= 11 is 0. The minimum atomic E-state index is -4.47. The molecule has 0 bridgehead atoms. The molecule has 1 atom stereocenters. The summed E-state index contributed by atoms with van der Waals surface area (Å²) in [5, 5.41) is 0. The highest BCUT2D eigenvalue weighted by Gasteiger charge is 2.34. The van der Waals surface area contributed by atoms with E-state index in [0.717, 1.165) is 13.2 Å². The summed E-state index contributed by atoms with van der Waals surface area (Å²) < 4.78 is 42.3. The summed E-state index contributed by atoms with van der Waals surface area (Å²) in [5.74, 6) is -0.289. The van der Waals surface area contributed by atoms with Gasteiger partial charge in [-0.3, -0.25) is 0 Å². The van der Waals surface area contributed by atoms with Gasteiger partial charge in [0.2, 0.25) is 6.08 Å². The van der Waals surface area contributed by atoms with E-state index in [9.17, 15) is 18.0 Å². The van der Waals surface area contributed by atoms with Crippen LogP contribution in [0.4, 0.5) is 13.2 Å². The van der Waals surface area contributed by atoms with Crippen LogP contribution in [0, 0.1) is 0 Å². The predicted molar refractivity (Wildman–Crippen MR) is 54.5 cm³/mol. The molecular weight excluding hydrogens is 235 g/mol. The maximum absolute atomic E-state index is 12.6. The fourth-order valence-corrected chi connectivity index (χ4v) is 1.36. The largest absolute Gasteiger partial charge is 0.496 e. The monoisotopic (exact) mass is 245 g/mol. The highest BCUT2D eigenvalue weighted by molar-refractivity contribution is 5.42. The first-order chi connectivity index (χ1) is 7.90. The molecule has 0 aliphatic rings. The predicted octanol–water partition coefficient (Wildman–Crippen LogP) is 3.11. The van der Waals surface area contributed by atoms with Crippen molar-refractivity contribution in [3.63, 3.8) is 0 Å². The fraction of sp³-hybridized carbons (Fsp3) is 0.364. The van der Waals surface area contributed by atoms with Crippen LogP contribution in [0.1, 0.15) is 24.1 Å². The van der Waals surface area contributed by atoms with Gasteiger partial charge in [-0.1, -0.05) is 6.07 Å². The van der Waals surface area contributed by atoms with Crippen molar-refractivity contribution in [1.82, 2.24) is 0 Å². The molecular formula is C11H10F3NO2. The Morgan fingerprint density at radius 1 is 1.41 bits per heavy atom. The van der Waals surface area contributed by atoms with Crippen molar-refractivity contribution in [2.45, 2.75) is 19.1 Å². The zero-order valence-corrected chi connectivity index (χ0v) is 9.21. The molecule has 17 heavy (non-hydrogen) atoms. The molecule has 1 aromatic rings. The molecule has 0 aliphatic heterocycles. The van der Waals surface area contributed by atoms with Gasteiger partial charge in [0, 0.05) is 0 Å². The Kier molecular flexibility index (Phi) is 3.91. The Balaban J connectivity index is 3.22. The van der Waals surface area contributed by atoms with Crippen LogP contribution in [0.2, 0.25) is 0 Å². The first-order valence-electron chi connectivity index (χ1n) is 4.72. The zero-order valence-electron chi connectivity index (χ0n) is 9.21. The highest BCUT2D eigenvalue weighted by Crippen LogP contribution is 2.37. The number of isocyanates is 1. The molecule has 1 aromatic carbocycles. The lowest BCUT2D eigenvalue weighted by molar-refractivity contribution is -0.138. The lowest BCUT2D eigenvalue weighted by Gasteiger charge is -2.14. The van der Waals surface area contributed by atoms with Crippen molar-refractivity contribution >= 4 is 6.08 Å². The van der Waals surface area contributed by atoms with Crippen molar-refractivity contribution in [3.8, 4) is 5.75 Å². The number of hydrogen-bond acceptors (Lipinski definition) is 3. The van der Waals surface area contributed by atoms with Crippen molar-refractivity contribution in [2.24, 2.45) is 4.99 Å². The molecule has 0 saturated carbocycles. The highest BCUT2D eigenvalue weighted by atomic mass is 19.4. The van der Waals surface area contributed by atoms with E-state index < -0.39 is 17.8 Å². The molecule has 1 unspecified atom stereocenters. The van der Waals surface area contributed by atoms with Crippen LogP contribution in [0.3, 0.4) is 0 Å². The minimum absolute atomic E-state index is 0.289. The van der Waals surface area contributed by atoms with Crippen LogP contribution in [0.5, 0.6) is 5.75 Å². The summed E-state index contributed by atoms with van der Waals surface area (Å²) in [7, 11) is 1.15. The fourth-order valence-electron chi connectivity index (χ4n) is 1.36. The molecule has 0 radical (unpaired) electrons. The average molecular weight is 245 g/mol. The molecule has 0 amide bonds. The van der Waals surface area contributed by atoms with Gasteiger partial charge in [0.25, 0.3) is 0 Å². The standard InChI is InChI=1S/C11H10F3NO2/c1-7(15-6-16)8-3-4-9(11(12,13)14)10(5-8)17-2/h3-5,7H,1-2H3. The molecule has 0 fully saturated rings. The number of methoxy groups -OCH3 is 1. The lowest BCUT2D eigenvalue weighted by atomic mass is 10.1. The quantitative estimate of drug-likeness (QED) is 0.606. The summed E-state index contributed by atoms with van der Waals surface area (Å²) in [6, 6.07) is 2.83. The number of rotatable bonds is 3. The molecule has 0 N–H and O–H groups in total. The molecule has 1 rings (SSSR count). The smallest absolute Gasteiger partial charge is 0.419 e. The van der Waals surface area contributed by atoms with Gasteiger partial charge in [-0.2, -0.15) is 18.2 Å². The van der Waals surface area contributed by atoms with Crippen molar-refractivity contribution in [3.05, 3.63) is 29.3 Å². The molecule has 92 valence electrons. The van der Waals surface area contributed by atoms with Crippen LogP contribution in [0.15, 0.2) is 23.2 Å². The van der Waals surface area contributed by atoms with Crippen molar-refractivity contribution < 1.29 is 22.7 Å². The third-order valence-corrected chi connectivity index (χ3v) is 2.26. The number of carbonyl (C=O) groups excluding carboxylic acids is 1. The van der Waals surface area contributed by atoms with Gasteiger partial charge in [0.15, 0.2) is 0 Å². The Hall–Kier alpha value is -1.81. The average Bonchev–Trinajstić information content (AvgIpc) is 2.27. The Morgan fingerprint density at radius 2 is 2.06 bits per heavy atom. The van der Waals surface area contributed by atoms with E-state index >= 15 is 0 Å². The SMILES string of the molecule is COc1cc(C(C)N=C=O)ccc1C(F)(F)F. The van der Waals surface area contributed by atoms with E-state index in [2.05, 4.69) is 9.73 Å². The maximum atomic E-state index is 12.6. The van der Waals surface area contributed by atoms with Crippen LogP contribution in [-0.2, 0) is 11.0 Å². The van der Waals surface area contributed by atoms with Gasteiger partial charge in [0.1, 0.15) is 5.75 Å². The Labute approximate surface area is 95.9 Å². The first-order valence-corrected chi connectivity index (χ1v) is 4.72. The summed E-state index contributed by atoms with van der Waals surface area (Å²) in [6.45, 7) is 1.58. The topological polar surface area (TPSA) is 38.7 Å². The van der Waals surface area contributed by atoms with E-state index in [1.54, 1.807) is 6.92 Å². The van der Waals surface area contributed by atoms with Crippen LogP contribution >= 0.6 is 0 Å². The Bertz CT molecular complexity index is 451. The van der Waals surface area contributed by atoms with E-state index in [4.69, 9.17) is 0 Å².